The Kier molecular flexibility index (Phi) is 7.13. The van der Waals surface area contributed by atoms with E-state index >= 15 is 0 Å². The van der Waals surface area contributed by atoms with Gasteiger partial charge in [-0.3, -0.25) is 4.79 Å². The molecule has 0 radical (unpaired) electrons. The number of carbonyl (C=O) groups excluding carboxylic acids is 1. The molecule has 1 aliphatic rings. The normalized spacial score (nSPS) is 20.6. The van der Waals surface area contributed by atoms with Gasteiger partial charge in [-0.2, -0.15) is 0 Å². The zero-order valence-electron chi connectivity index (χ0n) is 18.5. The maximum absolute atomic E-state index is 12.1. The summed E-state index contributed by atoms with van der Waals surface area (Å²) in [5, 5.41) is 2.68. The van der Waals surface area contributed by atoms with Crippen LogP contribution < -0.4 is 10.4 Å². The predicted molar refractivity (Wildman–Crippen MR) is 124 cm³/mol. The quantitative estimate of drug-likeness (QED) is 0.456. The lowest BCUT2D eigenvalue weighted by Crippen LogP contribution is -2.66. The first-order valence-electron chi connectivity index (χ1n) is 11.1. The Balaban J connectivity index is 1.81. The molecule has 1 aliphatic carbocycles. The highest BCUT2D eigenvalue weighted by Crippen LogP contribution is 2.37. The van der Waals surface area contributed by atoms with Crippen molar-refractivity contribution in [3.8, 4) is 0 Å². The summed E-state index contributed by atoms with van der Waals surface area (Å²) in [6.45, 7) is 9.84. The second kappa shape index (κ2) is 9.40. The molecule has 1 saturated carbocycles. The van der Waals surface area contributed by atoms with Crippen molar-refractivity contribution < 1.29 is 9.22 Å². The summed E-state index contributed by atoms with van der Waals surface area (Å²) in [7, 11) is -2.43. The number of hydrogen-bond donors (Lipinski definition) is 0. The van der Waals surface area contributed by atoms with Gasteiger partial charge in [0, 0.05) is 18.9 Å². The van der Waals surface area contributed by atoms with E-state index in [9.17, 15) is 4.79 Å². The zero-order valence-corrected chi connectivity index (χ0v) is 19.5. The lowest BCUT2D eigenvalue weighted by atomic mass is 9.77. The van der Waals surface area contributed by atoms with Crippen molar-refractivity contribution in [2.75, 3.05) is 6.61 Å². The van der Waals surface area contributed by atoms with Crippen molar-refractivity contribution in [2.24, 2.45) is 11.8 Å². The van der Waals surface area contributed by atoms with Crippen LogP contribution in [0.3, 0.4) is 0 Å². The first-order valence-corrected chi connectivity index (χ1v) is 13.0. The lowest BCUT2D eigenvalue weighted by Gasteiger charge is -2.43. The van der Waals surface area contributed by atoms with Crippen molar-refractivity contribution in [1.82, 2.24) is 0 Å². The first-order chi connectivity index (χ1) is 13.9. The Labute approximate surface area is 177 Å². The zero-order chi connectivity index (χ0) is 20.9. The summed E-state index contributed by atoms with van der Waals surface area (Å²) in [5.74, 6) is 1.20. The minimum atomic E-state index is -2.43. The van der Waals surface area contributed by atoms with Crippen molar-refractivity contribution in [1.29, 1.82) is 0 Å². The third-order valence-corrected chi connectivity index (χ3v) is 11.7. The maximum atomic E-state index is 12.1. The lowest BCUT2D eigenvalue weighted by molar-refractivity contribution is -0.126. The fourth-order valence-corrected chi connectivity index (χ4v) is 9.61. The van der Waals surface area contributed by atoms with E-state index in [-0.39, 0.29) is 11.0 Å². The Hall–Kier alpha value is -1.71. The average Bonchev–Trinajstić information content (AvgIpc) is 2.71. The molecule has 0 aromatic heterocycles. The van der Waals surface area contributed by atoms with Crippen molar-refractivity contribution >= 4 is 24.5 Å². The van der Waals surface area contributed by atoms with E-state index < -0.39 is 8.32 Å². The highest BCUT2D eigenvalue weighted by molar-refractivity contribution is 6.99. The molecule has 0 saturated heterocycles. The molecule has 3 rings (SSSR count). The fraction of sp³-hybridized carbons (Fsp3) is 0.500. The third kappa shape index (κ3) is 4.72. The van der Waals surface area contributed by atoms with Crippen LogP contribution in [0.4, 0.5) is 0 Å². The van der Waals surface area contributed by atoms with Crippen LogP contribution in [0.1, 0.15) is 59.8 Å². The molecular weight excluding hydrogens is 372 g/mol. The molecule has 2 aromatic rings. The third-order valence-electron chi connectivity index (χ3n) is 6.67. The van der Waals surface area contributed by atoms with Gasteiger partial charge in [0.15, 0.2) is 0 Å². The molecule has 29 heavy (non-hydrogen) atoms. The van der Waals surface area contributed by atoms with Gasteiger partial charge in [0.2, 0.25) is 0 Å². The molecule has 0 bridgehead atoms. The van der Waals surface area contributed by atoms with E-state index in [1.165, 1.54) is 16.8 Å². The van der Waals surface area contributed by atoms with Crippen LogP contribution in [0.15, 0.2) is 60.7 Å². The second-order valence-corrected chi connectivity index (χ2v) is 13.9. The van der Waals surface area contributed by atoms with Crippen LogP contribution in [0.25, 0.3) is 0 Å². The molecule has 1 fully saturated rings. The largest absolute Gasteiger partial charge is 0.407 e. The molecule has 0 aliphatic heterocycles. The molecule has 0 N–H and O–H groups in total. The van der Waals surface area contributed by atoms with Gasteiger partial charge in [0.1, 0.15) is 5.78 Å². The van der Waals surface area contributed by atoms with E-state index in [2.05, 4.69) is 88.4 Å². The molecule has 2 nitrogen and oxygen atoms in total. The Morgan fingerprint density at radius 2 is 1.52 bits per heavy atom. The van der Waals surface area contributed by atoms with Crippen LogP contribution in [0.2, 0.25) is 5.04 Å². The van der Waals surface area contributed by atoms with Crippen LogP contribution in [-0.2, 0) is 9.22 Å². The van der Waals surface area contributed by atoms with Gasteiger partial charge in [-0.15, -0.1) is 0 Å². The number of ketones is 1. The summed E-state index contributed by atoms with van der Waals surface area (Å²) in [4.78, 5) is 12.1. The summed E-state index contributed by atoms with van der Waals surface area (Å²) in [6.07, 6.45) is 5.13. The van der Waals surface area contributed by atoms with Crippen LogP contribution in [0, 0.1) is 11.8 Å². The molecule has 0 spiro atoms. The van der Waals surface area contributed by atoms with Crippen LogP contribution >= 0.6 is 0 Å². The van der Waals surface area contributed by atoms with E-state index in [1.807, 2.05) is 0 Å². The van der Waals surface area contributed by atoms with Gasteiger partial charge in [-0.1, -0.05) is 88.4 Å². The van der Waals surface area contributed by atoms with Crippen molar-refractivity contribution in [3.63, 3.8) is 0 Å². The number of hydrogen-bond acceptors (Lipinski definition) is 2. The topological polar surface area (TPSA) is 26.3 Å². The SMILES string of the molecule is CC1C(=O)CCC[C@@H]1CCCO[Si](c1ccccc1)(c1ccccc1)C(C)(C)C. The minimum absolute atomic E-state index is 0.0177. The standard InChI is InChI=1S/C26H36O2Si/c1-21-22(13-11-19-25(21)27)14-12-20-28-29(26(2,3)4,23-15-7-5-8-16-23)24-17-9-6-10-18-24/h5-10,15-18,21-22H,11-14,19-20H2,1-4H3/t21?,22-/m1/s1. The summed E-state index contributed by atoms with van der Waals surface area (Å²) in [5.41, 5.74) is 0. The first kappa shape index (κ1) is 22.0. The minimum Gasteiger partial charge on any atom is -0.407 e. The highest BCUT2D eigenvalue weighted by atomic mass is 28.4. The van der Waals surface area contributed by atoms with Crippen LogP contribution in [-0.4, -0.2) is 20.7 Å². The molecule has 2 atom stereocenters. The molecule has 0 heterocycles. The van der Waals surface area contributed by atoms with Crippen LogP contribution in [0.5, 0.6) is 0 Å². The van der Waals surface area contributed by atoms with Gasteiger partial charge in [-0.05, 0) is 47.0 Å². The van der Waals surface area contributed by atoms with Gasteiger partial charge in [-0.25, -0.2) is 0 Å². The number of carbonyl (C=O) groups is 1. The number of benzene rings is 2. The smallest absolute Gasteiger partial charge is 0.261 e. The molecule has 0 amide bonds. The molecular formula is C26H36O2Si. The van der Waals surface area contributed by atoms with Gasteiger partial charge in [0.05, 0.1) is 0 Å². The van der Waals surface area contributed by atoms with E-state index in [0.29, 0.717) is 11.7 Å². The Bertz CT molecular complexity index is 740. The van der Waals surface area contributed by atoms with E-state index in [0.717, 1.165) is 32.3 Å². The molecule has 1 unspecified atom stereocenters. The van der Waals surface area contributed by atoms with Gasteiger partial charge >= 0.3 is 0 Å². The summed E-state index contributed by atoms with van der Waals surface area (Å²) >= 11 is 0. The molecule has 3 heteroatoms. The number of rotatable bonds is 7. The molecule has 2 aromatic carbocycles. The van der Waals surface area contributed by atoms with Gasteiger partial charge < -0.3 is 4.43 Å². The Morgan fingerprint density at radius 1 is 0.966 bits per heavy atom. The number of Topliss-reactive ketones (excluding diaryl/α,β-unsaturated/α-hetero) is 1. The highest BCUT2D eigenvalue weighted by Gasteiger charge is 2.50. The maximum Gasteiger partial charge on any atom is 0.261 e. The van der Waals surface area contributed by atoms with Crippen molar-refractivity contribution in [3.05, 3.63) is 60.7 Å². The van der Waals surface area contributed by atoms with E-state index in [1.54, 1.807) is 0 Å². The van der Waals surface area contributed by atoms with E-state index in [4.69, 9.17) is 4.43 Å². The average molecular weight is 409 g/mol. The fourth-order valence-electron chi connectivity index (χ4n) is 5.01. The summed E-state index contributed by atoms with van der Waals surface area (Å²) in [6, 6.07) is 21.6. The summed E-state index contributed by atoms with van der Waals surface area (Å²) < 4.78 is 6.97. The van der Waals surface area contributed by atoms with Crippen molar-refractivity contribution in [2.45, 2.75) is 64.8 Å². The Morgan fingerprint density at radius 3 is 2.03 bits per heavy atom. The second-order valence-electron chi connectivity index (χ2n) is 9.56. The van der Waals surface area contributed by atoms with Gasteiger partial charge in [0.25, 0.3) is 8.32 Å². The predicted octanol–water partition coefficient (Wildman–Crippen LogP) is 5.35. The molecule has 156 valence electrons. The monoisotopic (exact) mass is 408 g/mol.